The zero-order valence-electron chi connectivity index (χ0n) is 16.8. The number of ether oxygens (including phenoxy) is 2. The monoisotopic (exact) mass is 399 g/mol. The van der Waals surface area contributed by atoms with E-state index in [0.29, 0.717) is 11.5 Å². The van der Waals surface area contributed by atoms with Crippen molar-refractivity contribution in [3.63, 3.8) is 0 Å². The third kappa shape index (κ3) is 4.83. The summed E-state index contributed by atoms with van der Waals surface area (Å²) in [7, 11) is 5.37. The maximum atomic E-state index is 13.2. The molecule has 2 aromatic rings. The Morgan fingerprint density at radius 1 is 1.14 bits per heavy atom. The van der Waals surface area contributed by atoms with Crippen LogP contribution in [-0.2, 0) is 0 Å². The van der Waals surface area contributed by atoms with E-state index < -0.39 is 4.92 Å². The first kappa shape index (κ1) is 20.6. The standard InChI is InChI=1S/C21H25N3O5/c1-22-12-10-15(11-13-22)23(2)21(25)19-14-16(24(26)27)4-9-20(19)29-18-7-5-17(28-3)6-8-18/h4-9,14-15H,10-13H2,1-3H3. The number of nitrogens with zero attached hydrogens (tertiary/aromatic N) is 3. The number of nitro groups is 1. The first-order valence-electron chi connectivity index (χ1n) is 9.45. The van der Waals surface area contributed by atoms with Crippen molar-refractivity contribution in [3.05, 3.63) is 58.1 Å². The molecule has 2 aromatic carbocycles. The number of benzene rings is 2. The average molecular weight is 399 g/mol. The van der Waals surface area contributed by atoms with Gasteiger partial charge >= 0.3 is 0 Å². The first-order valence-corrected chi connectivity index (χ1v) is 9.45. The fourth-order valence-electron chi connectivity index (χ4n) is 3.40. The molecule has 1 aliphatic heterocycles. The van der Waals surface area contributed by atoms with E-state index >= 15 is 0 Å². The minimum atomic E-state index is -0.510. The molecule has 0 aromatic heterocycles. The second kappa shape index (κ2) is 8.91. The van der Waals surface area contributed by atoms with Crippen LogP contribution in [-0.4, -0.2) is 61.0 Å². The van der Waals surface area contributed by atoms with Gasteiger partial charge in [0.1, 0.15) is 17.2 Å². The smallest absolute Gasteiger partial charge is 0.270 e. The van der Waals surface area contributed by atoms with Gasteiger partial charge in [-0.15, -0.1) is 0 Å². The Hall–Kier alpha value is -3.13. The Balaban J connectivity index is 1.88. The van der Waals surface area contributed by atoms with Gasteiger partial charge < -0.3 is 19.3 Å². The van der Waals surface area contributed by atoms with Crippen LogP contribution >= 0.6 is 0 Å². The molecule has 0 aliphatic carbocycles. The zero-order valence-corrected chi connectivity index (χ0v) is 16.8. The van der Waals surface area contributed by atoms with Gasteiger partial charge in [0, 0.05) is 25.2 Å². The van der Waals surface area contributed by atoms with E-state index in [1.54, 1.807) is 43.3 Å². The Kier molecular flexibility index (Phi) is 6.33. The Bertz CT molecular complexity index is 876. The SMILES string of the molecule is COc1ccc(Oc2ccc([N+](=O)[O-])cc2C(=O)N(C)C2CCN(C)CC2)cc1. The van der Waals surface area contributed by atoms with E-state index in [0.717, 1.165) is 25.9 Å². The molecule has 8 nitrogen and oxygen atoms in total. The summed E-state index contributed by atoms with van der Waals surface area (Å²) in [6, 6.07) is 11.1. The summed E-state index contributed by atoms with van der Waals surface area (Å²) in [5.74, 6) is 1.19. The van der Waals surface area contributed by atoms with Crippen LogP contribution in [0.3, 0.4) is 0 Å². The van der Waals surface area contributed by atoms with E-state index in [1.807, 2.05) is 0 Å². The van der Waals surface area contributed by atoms with E-state index in [-0.39, 0.29) is 28.9 Å². The van der Waals surface area contributed by atoms with Crippen molar-refractivity contribution in [1.82, 2.24) is 9.80 Å². The van der Waals surface area contributed by atoms with Gasteiger partial charge in [-0.3, -0.25) is 14.9 Å². The van der Waals surface area contributed by atoms with Gasteiger partial charge in [0.2, 0.25) is 0 Å². The minimum absolute atomic E-state index is 0.0896. The largest absolute Gasteiger partial charge is 0.497 e. The topological polar surface area (TPSA) is 85.1 Å². The molecule has 1 amide bonds. The Morgan fingerprint density at radius 3 is 2.34 bits per heavy atom. The number of hydrogen-bond acceptors (Lipinski definition) is 6. The van der Waals surface area contributed by atoms with Crippen molar-refractivity contribution in [2.24, 2.45) is 0 Å². The predicted octanol–water partition coefficient (Wildman–Crippen LogP) is 3.56. The fourth-order valence-corrected chi connectivity index (χ4v) is 3.40. The maximum Gasteiger partial charge on any atom is 0.270 e. The van der Waals surface area contributed by atoms with Gasteiger partial charge in [-0.25, -0.2) is 0 Å². The highest BCUT2D eigenvalue weighted by atomic mass is 16.6. The third-order valence-corrected chi connectivity index (χ3v) is 5.25. The molecular formula is C21H25N3O5. The van der Waals surface area contributed by atoms with Crippen LogP contribution in [0.25, 0.3) is 0 Å². The van der Waals surface area contributed by atoms with Crippen LogP contribution < -0.4 is 9.47 Å². The number of carbonyl (C=O) groups excluding carboxylic acids is 1. The predicted molar refractivity (Wildman–Crippen MR) is 109 cm³/mol. The van der Waals surface area contributed by atoms with Crippen LogP contribution in [0.2, 0.25) is 0 Å². The van der Waals surface area contributed by atoms with Gasteiger partial charge in [0.25, 0.3) is 11.6 Å². The number of piperidine rings is 1. The zero-order chi connectivity index (χ0) is 21.0. The molecule has 0 saturated carbocycles. The lowest BCUT2D eigenvalue weighted by atomic mass is 10.0. The summed E-state index contributed by atoms with van der Waals surface area (Å²) in [6.07, 6.45) is 1.73. The first-order chi connectivity index (χ1) is 13.9. The highest BCUT2D eigenvalue weighted by molar-refractivity contribution is 5.97. The molecule has 29 heavy (non-hydrogen) atoms. The lowest BCUT2D eigenvalue weighted by molar-refractivity contribution is -0.384. The van der Waals surface area contributed by atoms with E-state index in [4.69, 9.17) is 9.47 Å². The van der Waals surface area contributed by atoms with Crippen LogP contribution in [0.15, 0.2) is 42.5 Å². The van der Waals surface area contributed by atoms with Gasteiger partial charge in [0.15, 0.2) is 0 Å². The highest BCUT2D eigenvalue weighted by Crippen LogP contribution is 2.31. The van der Waals surface area contributed by atoms with E-state index in [1.165, 1.54) is 18.2 Å². The second-order valence-corrected chi connectivity index (χ2v) is 7.17. The molecule has 0 radical (unpaired) electrons. The summed E-state index contributed by atoms with van der Waals surface area (Å²) in [4.78, 5) is 27.8. The third-order valence-electron chi connectivity index (χ3n) is 5.25. The average Bonchev–Trinajstić information content (AvgIpc) is 2.74. The summed E-state index contributed by atoms with van der Waals surface area (Å²) in [5, 5.41) is 11.2. The molecule has 1 heterocycles. The number of hydrogen-bond donors (Lipinski definition) is 0. The minimum Gasteiger partial charge on any atom is -0.497 e. The maximum absolute atomic E-state index is 13.2. The molecule has 0 N–H and O–H groups in total. The molecule has 1 fully saturated rings. The number of carbonyl (C=O) groups is 1. The molecule has 3 rings (SSSR count). The number of methoxy groups -OCH3 is 1. The molecule has 154 valence electrons. The van der Waals surface area contributed by atoms with Crippen LogP contribution in [0.5, 0.6) is 17.2 Å². The number of amides is 1. The highest BCUT2D eigenvalue weighted by Gasteiger charge is 2.28. The van der Waals surface area contributed by atoms with E-state index in [2.05, 4.69) is 11.9 Å². The van der Waals surface area contributed by atoms with Crippen molar-refractivity contribution < 1.29 is 19.2 Å². The summed E-state index contributed by atoms with van der Waals surface area (Å²) >= 11 is 0. The molecule has 0 spiro atoms. The molecule has 0 unspecified atom stereocenters. The molecule has 1 aliphatic rings. The van der Waals surface area contributed by atoms with Crippen molar-refractivity contribution in [3.8, 4) is 17.2 Å². The summed E-state index contributed by atoms with van der Waals surface area (Å²) in [5.41, 5.74) is 0.0312. The van der Waals surface area contributed by atoms with Gasteiger partial charge in [-0.1, -0.05) is 0 Å². The van der Waals surface area contributed by atoms with Crippen LogP contribution in [0.1, 0.15) is 23.2 Å². The molecule has 1 saturated heterocycles. The summed E-state index contributed by atoms with van der Waals surface area (Å²) < 4.78 is 11.0. The molecular weight excluding hydrogens is 374 g/mol. The number of rotatable bonds is 6. The fraction of sp³-hybridized carbons (Fsp3) is 0.381. The van der Waals surface area contributed by atoms with E-state index in [9.17, 15) is 14.9 Å². The van der Waals surface area contributed by atoms with Gasteiger partial charge in [-0.05, 0) is 63.3 Å². The molecule has 8 heteroatoms. The number of non-ortho nitro benzene ring substituents is 1. The number of likely N-dealkylation sites (tertiary alicyclic amines) is 1. The molecule has 0 bridgehead atoms. The lowest BCUT2D eigenvalue weighted by Crippen LogP contribution is -2.44. The van der Waals surface area contributed by atoms with Gasteiger partial charge in [-0.2, -0.15) is 0 Å². The van der Waals surface area contributed by atoms with Gasteiger partial charge in [0.05, 0.1) is 17.6 Å². The van der Waals surface area contributed by atoms with Crippen LogP contribution in [0, 0.1) is 10.1 Å². The van der Waals surface area contributed by atoms with Crippen molar-refractivity contribution in [1.29, 1.82) is 0 Å². The number of nitro benzene ring substituents is 1. The Labute approximate surface area is 169 Å². The Morgan fingerprint density at radius 2 is 1.76 bits per heavy atom. The normalized spacial score (nSPS) is 15.0. The van der Waals surface area contributed by atoms with Crippen molar-refractivity contribution in [2.45, 2.75) is 18.9 Å². The second-order valence-electron chi connectivity index (χ2n) is 7.17. The lowest BCUT2D eigenvalue weighted by Gasteiger charge is -2.35. The quantitative estimate of drug-likeness (QED) is 0.545. The van der Waals surface area contributed by atoms with Crippen molar-refractivity contribution in [2.75, 3.05) is 34.3 Å². The van der Waals surface area contributed by atoms with Crippen molar-refractivity contribution >= 4 is 11.6 Å². The summed E-state index contributed by atoms with van der Waals surface area (Å²) in [6.45, 7) is 1.82. The molecule has 0 atom stereocenters. The van der Waals surface area contributed by atoms with Crippen LogP contribution in [0.4, 0.5) is 5.69 Å².